The summed E-state index contributed by atoms with van der Waals surface area (Å²) < 4.78 is 0. The minimum absolute atomic E-state index is 0.0611. The molecule has 1 N–H and O–H groups in total. The number of nitrogens with one attached hydrogen (secondary N) is 1. The maximum Gasteiger partial charge on any atom is 0.345 e. The van der Waals surface area contributed by atoms with Gasteiger partial charge in [0.05, 0.1) is 5.56 Å². The Labute approximate surface area is 81.4 Å². The van der Waals surface area contributed by atoms with Gasteiger partial charge < -0.3 is 4.98 Å². The Balaban J connectivity index is 2.56. The van der Waals surface area contributed by atoms with Crippen LogP contribution in [0.3, 0.4) is 0 Å². The van der Waals surface area contributed by atoms with Crippen LogP contribution < -0.4 is 5.69 Å². The van der Waals surface area contributed by atoms with E-state index in [0.717, 1.165) is 12.1 Å². The zero-order valence-electron chi connectivity index (χ0n) is 8.26. The largest absolute Gasteiger partial charge is 0.345 e. The second kappa shape index (κ2) is 2.77. The number of carbonyl (C=O) groups excluding carboxylic acids is 1. The highest BCUT2D eigenvalue weighted by molar-refractivity contribution is 5.98. The third-order valence-corrected chi connectivity index (χ3v) is 2.49. The smallest absolute Gasteiger partial charge is 0.309 e. The molecule has 0 saturated heterocycles. The topological polar surface area (TPSA) is 62.8 Å². The molecule has 1 aromatic rings. The van der Waals surface area contributed by atoms with Crippen LogP contribution in [0.1, 0.15) is 36.3 Å². The molecule has 0 atom stereocenters. The molecule has 0 aromatic carbocycles. The molecule has 0 aliphatic heterocycles. The lowest BCUT2D eigenvalue weighted by molar-refractivity contribution is 0.0909. The van der Waals surface area contributed by atoms with Crippen molar-refractivity contribution in [1.82, 2.24) is 9.97 Å². The zero-order chi connectivity index (χ0) is 10.3. The lowest BCUT2D eigenvalue weighted by Gasteiger charge is -2.29. The van der Waals surface area contributed by atoms with Gasteiger partial charge in [0.1, 0.15) is 0 Å². The van der Waals surface area contributed by atoms with Crippen molar-refractivity contribution >= 4 is 5.78 Å². The lowest BCUT2D eigenvalue weighted by Crippen LogP contribution is -2.30. The van der Waals surface area contributed by atoms with Gasteiger partial charge in [-0.15, -0.1) is 0 Å². The molecule has 0 bridgehead atoms. The number of fused-ring (bicyclic) bond motifs is 1. The van der Waals surface area contributed by atoms with E-state index in [2.05, 4.69) is 9.97 Å². The zero-order valence-corrected chi connectivity index (χ0v) is 8.26. The molecule has 4 heteroatoms. The van der Waals surface area contributed by atoms with Crippen molar-refractivity contribution in [1.29, 1.82) is 0 Å². The number of aromatic nitrogens is 2. The Kier molecular flexibility index (Phi) is 1.80. The minimum atomic E-state index is -0.380. The quantitative estimate of drug-likeness (QED) is 0.665. The van der Waals surface area contributed by atoms with E-state index in [0.29, 0.717) is 12.0 Å². The minimum Gasteiger partial charge on any atom is -0.309 e. The second-order valence-electron chi connectivity index (χ2n) is 4.52. The van der Waals surface area contributed by atoms with Gasteiger partial charge in [0, 0.05) is 18.3 Å². The third-order valence-electron chi connectivity index (χ3n) is 2.49. The number of hydrogen-bond donors (Lipinski definition) is 1. The van der Waals surface area contributed by atoms with Crippen molar-refractivity contribution in [2.45, 2.75) is 26.7 Å². The maximum atomic E-state index is 11.7. The van der Waals surface area contributed by atoms with Gasteiger partial charge in [-0.25, -0.2) is 9.78 Å². The van der Waals surface area contributed by atoms with Crippen molar-refractivity contribution < 1.29 is 4.79 Å². The summed E-state index contributed by atoms with van der Waals surface area (Å²) in [6.45, 7) is 4.04. The van der Waals surface area contributed by atoms with Crippen LogP contribution in [-0.2, 0) is 6.42 Å². The summed E-state index contributed by atoms with van der Waals surface area (Å²) in [7, 11) is 0. The third kappa shape index (κ3) is 1.47. The number of carbonyl (C=O) groups is 1. The molecule has 14 heavy (non-hydrogen) atoms. The Morgan fingerprint density at radius 2 is 2.07 bits per heavy atom. The summed E-state index contributed by atoms with van der Waals surface area (Å²) in [6.07, 6.45) is 2.63. The van der Waals surface area contributed by atoms with E-state index in [4.69, 9.17) is 0 Å². The number of H-pyrrole nitrogens is 1. The number of nitrogens with zero attached hydrogens (tertiary/aromatic N) is 1. The summed E-state index contributed by atoms with van der Waals surface area (Å²) in [6, 6.07) is 0. The Bertz CT molecular complexity index is 446. The molecule has 1 aliphatic rings. The maximum absolute atomic E-state index is 11.7. The van der Waals surface area contributed by atoms with Crippen LogP contribution in [0.25, 0.3) is 0 Å². The highest BCUT2D eigenvalue weighted by Crippen LogP contribution is 2.32. The summed E-state index contributed by atoms with van der Waals surface area (Å²) in [5.74, 6) is 0.0694. The van der Waals surface area contributed by atoms with Gasteiger partial charge >= 0.3 is 5.69 Å². The first-order valence-corrected chi connectivity index (χ1v) is 4.59. The summed E-state index contributed by atoms with van der Waals surface area (Å²) in [5.41, 5.74) is 0.860. The fourth-order valence-corrected chi connectivity index (χ4v) is 1.88. The summed E-state index contributed by atoms with van der Waals surface area (Å²) in [4.78, 5) is 28.8. The highest BCUT2D eigenvalue weighted by Gasteiger charge is 2.31. The standard InChI is InChI=1S/C10H12N2O2/c1-10(2)3-7-6(8(13)4-10)5-11-9(14)12-7/h5H,3-4H2,1-2H3,(H,11,12,14). The molecule has 1 aliphatic carbocycles. The highest BCUT2D eigenvalue weighted by atomic mass is 16.1. The number of ketones is 1. The van der Waals surface area contributed by atoms with Crippen molar-refractivity contribution in [3.8, 4) is 0 Å². The number of aromatic amines is 1. The average molecular weight is 192 g/mol. The molecular weight excluding hydrogens is 180 g/mol. The van der Waals surface area contributed by atoms with E-state index in [9.17, 15) is 9.59 Å². The first-order chi connectivity index (χ1) is 6.48. The molecule has 0 saturated carbocycles. The summed E-state index contributed by atoms with van der Waals surface area (Å²) >= 11 is 0. The molecule has 0 unspecified atom stereocenters. The van der Waals surface area contributed by atoms with Crippen molar-refractivity contribution in [3.05, 3.63) is 27.9 Å². The van der Waals surface area contributed by atoms with Crippen LogP contribution in [0.4, 0.5) is 0 Å². The monoisotopic (exact) mass is 192 g/mol. The van der Waals surface area contributed by atoms with Gasteiger partial charge in [-0.2, -0.15) is 0 Å². The first kappa shape index (κ1) is 9.12. The number of hydrogen-bond acceptors (Lipinski definition) is 3. The predicted molar refractivity (Wildman–Crippen MR) is 51.3 cm³/mol. The molecule has 1 aromatic heterocycles. The fraction of sp³-hybridized carbons (Fsp3) is 0.500. The van der Waals surface area contributed by atoms with E-state index >= 15 is 0 Å². The molecule has 2 rings (SSSR count). The molecule has 0 amide bonds. The number of rotatable bonds is 0. The lowest BCUT2D eigenvalue weighted by atomic mass is 9.76. The van der Waals surface area contributed by atoms with E-state index in [1.54, 1.807) is 0 Å². The van der Waals surface area contributed by atoms with Crippen LogP contribution in [0.15, 0.2) is 11.0 Å². The SMILES string of the molecule is CC1(C)CC(=O)c2cnc(=O)[nH]c2C1. The molecule has 74 valence electrons. The Hall–Kier alpha value is -1.45. The van der Waals surface area contributed by atoms with Crippen LogP contribution >= 0.6 is 0 Å². The molecule has 0 fully saturated rings. The molecule has 4 nitrogen and oxygen atoms in total. The molecular formula is C10H12N2O2. The van der Waals surface area contributed by atoms with Crippen molar-refractivity contribution in [3.63, 3.8) is 0 Å². The predicted octanol–water partition coefficient (Wildman–Crippen LogP) is 0.925. The van der Waals surface area contributed by atoms with E-state index in [1.807, 2.05) is 13.8 Å². The fourth-order valence-electron chi connectivity index (χ4n) is 1.88. The van der Waals surface area contributed by atoms with Gasteiger partial charge in [0.2, 0.25) is 0 Å². The van der Waals surface area contributed by atoms with Crippen LogP contribution in [0, 0.1) is 5.41 Å². The van der Waals surface area contributed by atoms with Crippen LogP contribution in [0.2, 0.25) is 0 Å². The van der Waals surface area contributed by atoms with E-state index in [1.165, 1.54) is 6.20 Å². The second-order valence-corrected chi connectivity index (χ2v) is 4.52. The van der Waals surface area contributed by atoms with Gasteiger partial charge in [-0.1, -0.05) is 13.8 Å². The van der Waals surface area contributed by atoms with Crippen LogP contribution in [0.5, 0.6) is 0 Å². The molecule has 0 radical (unpaired) electrons. The molecule has 1 heterocycles. The van der Waals surface area contributed by atoms with Gasteiger partial charge in [-0.3, -0.25) is 4.79 Å². The van der Waals surface area contributed by atoms with E-state index < -0.39 is 0 Å². The Morgan fingerprint density at radius 1 is 1.36 bits per heavy atom. The van der Waals surface area contributed by atoms with Crippen molar-refractivity contribution in [2.75, 3.05) is 0 Å². The van der Waals surface area contributed by atoms with E-state index in [-0.39, 0.29) is 16.9 Å². The van der Waals surface area contributed by atoms with Gasteiger partial charge in [0.25, 0.3) is 0 Å². The Morgan fingerprint density at radius 3 is 2.79 bits per heavy atom. The number of Topliss-reactive ketones (excluding diaryl/α,β-unsaturated/α-hetero) is 1. The summed E-state index contributed by atoms with van der Waals surface area (Å²) in [5, 5.41) is 0. The van der Waals surface area contributed by atoms with Gasteiger partial charge in [0.15, 0.2) is 5.78 Å². The first-order valence-electron chi connectivity index (χ1n) is 4.59. The molecule has 0 spiro atoms. The van der Waals surface area contributed by atoms with Crippen LogP contribution in [-0.4, -0.2) is 15.8 Å². The van der Waals surface area contributed by atoms with Gasteiger partial charge in [-0.05, 0) is 11.8 Å². The normalized spacial score (nSPS) is 19.1. The van der Waals surface area contributed by atoms with Crippen molar-refractivity contribution in [2.24, 2.45) is 5.41 Å². The average Bonchev–Trinajstić information content (AvgIpc) is 2.00.